The minimum Gasteiger partial charge on any atom is -0.493 e. The third-order valence-electron chi connectivity index (χ3n) is 6.63. The summed E-state index contributed by atoms with van der Waals surface area (Å²) in [4.78, 5) is 16.5. The molecule has 0 radical (unpaired) electrons. The molecule has 1 fully saturated rings. The first-order valence-electron chi connectivity index (χ1n) is 13.8. The molecule has 0 aromatic heterocycles. The van der Waals surface area contributed by atoms with Gasteiger partial charge in [-0.3, -0.25) is 9.21 Å². The van der Waals surface area contributed by atoms with Crippen LogP contribution in [0.15, 0.2) is 83.8 Å². The maximum atomic E-state index is 13.7. The first kappa shape index (κ1) is 30.7. The van der Waals surface area contributed by atoms with E-state index in [1.54, 1.807) is 29.2 Å². The van der Waals surface area contributed by atoms with E-state index in [-0.39, 0.29) is 17.5 Å². The molecule has 3 aromatic carbocycles. The minimum absolute atomic E-state index is 0.109. The Kier molecular flexibility index (Phi) is 10.2. The van der Waals surface area contributed by atoms with Gasteiger partial charge in [-0.15, -0.1) is 0 Å². The average molecular weight is 600 g/mol. The molecule has 0 atom stereocenters. The van der Waals surface area contributed by atoms with Crippen LogP contribution in [0.3, 0.4) is 0 Å². The maximum Gasteiger partial charge on any atom is 0.410 e. The molecule has 10 heteroatoms. The second-order valence-electron chi connectivity index (χ2n) is 10.9. The lowest BCUT2D eigenvalue weighted by Gasteiger charge is -2.35. The second kappa shape index (κ2) is 13.6. The molecule has 0 aliphatic carbocycles. The van der Waals surface area contributed by atoms with Crippen molar-refractivity contribution in [1.29, 1.82) is 0 Å². The van der Waals surface area contributed by atoms with Crippen molar-refractivity contribution in [3.8, 4) is 5.75 Å². The minimum atomic E-state index is -3.87. The molecule has 1 aliphatic rings. The fourth-order valence-electron chi connectivity index (χ4n) is 4.52. The number of sulfonamides is 1. The highest BCUT2D eigenvalue weighted by Gasteiger charge is 2.27. The summed E-state index contributed by atoms with van der Waals surface area (Å²) in [7, 11) is -3.87. The Morgan fingerprint density at radius 2 is 1.54 bits per heavy atom. The van der Waals surface area contributed by atoms with Crippen LogP contribution in [0.4, 0.5) is 10.5 Å². The number of carbonyl (C=O) groups excluding carboxylic acids is 1. The maximum absolute atomic E-state index is 13.7. The van der Waals surface area contributed by atoms with E-state index < -0.39 is 15.6 Å². The standard InChI is InChI=1S/C31H38ClN3O5S/c1-31(2,3)40-30(36)34-21-19-33(20-22-34)18-9-23-39-29-13-8-7-10-25(29)24-35(27-11-5-4-6-12-27)41(37,38)28-16-14-26(32)15-17-28/h4-8,10-17H,9,18-24H2,1-3H3. The van der Waals surface area contributed by atoms with Gasteiger partial charge in [0.1, 0.15) is 11.4 Å². The lowest BCUT2D eigenvalue weighted by molar-refractivity contribution is 0.0142. The highest BCUT2D eigenvalue weighted by Crippen LogP contribution is 2.29. The van der Waals surface area contributed by atoms with Crippen LogP contribution in [0.5, 0.6) is 5.75 Å². The van der Waals surface area contributed by atoms with Crippen molar-refractivity contribution >= 4 is 33.4 Å². The SMILES string of the molecule is CC(C)(C)OC(=O)N1CCN(CCCOc2ccccc2CN(c2ccccc2)S(=O)(=O)c2ccc(Cl)cc2)CC1. The molecule has 1 aliphatic heterocycles. The fourth-order valence-corrected chi connectivity index (χ4v) is 6.09. The number of piperazine rings is 1. The first-order valence-corrected chi connectivity index (χ1v) is 15.6. The van der Waals surface area contributed by atoms with Crippen molar-refractivity contribution in [2.24, 2.45) is 0 Å². The predicted molar refractivity (Wildman–Crippen MR) is 162 cm³/mol. The van der Waals surface area contributed by atoms with Gasteiger partial charge in [-0.2, -0.15) is 0 Å². The predicted octanol–water partition coefficient (Wildman–Crippen LogP) is 6.06. The highest BCUT2D eigenvalue weighted by molar-refractivity contribution is 7.92. The number of anilines is 1. The summed E-state index contributed by atoms with van der Waals surface area (Å²) >= 11 is 6.01. The van der Waals surface area contributed by atoms with E-state index in [0.29, 0.717) is 36.2 Å². The van der Waals surface area contributed by atoms with Gasteiger partial charge in [0.15, 0.2) is 0 Å². The smallest absolute Gasteiger partial charge is 0.410 e. The summed E-state index contributed by atoms with van der Waals surface area (Å²) in [5, 5.41) is 0.471. The van der Waals surface area contributed by atoms with Gasteiger partial charge in [-0.25, -0.2) is 13.2 Å². The topological polar surface area (TPSA) is 79.4 Å². The van der Waals surface area contributed by atoms with E-state index in [9.17, 15) is 13.2 Å². The van der Waals surface area contributed by atoms with Crippen molar-refractivity contribution in [2.75, 3.05) is 43.6 Å². The Morgan fingerprint density at radius 3 is 2.20 bits per heavy atom. The zero-order valence-corrected chi connectivity index (χ0v) is 25.4. The van der Waals surface area contributed by atoms with Crippen LogP contribution in [0.2, 0.25) is 5.02 Å². The second-order valence-corrected chi connectivity index (χ2v) is 13.2. The van der Waals surface area contributed by atoms with E-state index in [2.05, 4.69) is 4.90 Å². The van der Waals surface area contributed by atoms with Crippen LogP contribution < -0.4 is 9.04 Å². The number of halogens is 1. The van der Waals surface area contributed by atoms with Crippen molar-refractivity contribution < 1.29 is 22.7 Å². The largest absolute Gasteiger partial charge is 0.493 e. The van der Waals surface area contributed by atoms with E-state index in [1.165, 1.54) is 16.4 Å². The number of benzene rings is 3. The van der Waals surface area contributed by atoms with Gasteiger partial charge < -0.3 is 14.4 Å². The van der Waals surface area contributed by atoms with E-state index in [0.717, 1.165) is 31.6 Å². The molecule has 0 N–H and O–H groups in total. The molecule has 1 heterocycles. The molecule has 8 nitrogen and oxygen atoms in total. The number of nitrogens with zero attached hydrogens (tertiary/aromatic N) is 3. The normalized spacial score (nSPS) is 14.5. The van der Waals surface area contributed by atoms with Crippen LogP contribution in [0.25, 0.3) is 0 Å². The molecular formula is C31H38ClN3O5S. The summed E-state index contributed by atoms with van der Waals surface area (Å²) in [6, 6.07) is 22.7. The third-order valence-corrected chi connectivity index (χ3v) is 8.67. The lowest BCUT2D eigenvalue weighted by atomic mass is 10.2. The van der Waals surface area contributed by atoms with Gasteiger partial charge in [0.25, 0.3) is 10.0 Å². The monoisotopic (exact) mass is 599 g/mol. The number of ether oxygens (including phenoxy) is 2. The van der Waals surface area contributed by atoms with E-state index in [4.69, 9.17) is 21.1 Å². The van der Waals surface area contributed by atoms with Gasteiger partial charge in [-0.1, -0.05) is 48.0 Å². The van der Waals surface area contributed by atoms with E-state index in [1.807, 2.05) is 63.2 Å². The summed E-state index contributed by atoms with van der Waals surface area (Å²) in [6.07, 6.45) is 0.534. The molecular weight excluding hydrogens is 562 g/mol. The molecule has 0 spiro atoms. The molecule has 41 heavy (non-hydrogen) atoms. The Morgan fingerprint density at radius 1 is 0.902 bits per heavy atom. The summed E-state index contributed by atoms with van der Waals surface area (Å²) in [6.45, 7) is 9.88. The van der Waals surface area contributed by atoms with Gasteiger partial charge >= 0.3 is 6.09 Å². The first-order chi connectivity index (χ1) is 19.5. The molecule has 3 aromatic rings. The summed E-state index contributed by atoms with van der Waals surface area (Å²) in [5.74, 6) is 0.648. The molecule has 0 unspecified atom stereocenters. The van der Waals surface area contributed by atoms with Crippen molar-refractivity contribution in [3.63, 3.8) is 0 Å². The average Bonchev–Trinajstić information content (AvgIpc) is 2.94. The Labute approximate surface area is 248 Å². The van der Waals surface area contributed by atoms with Gasteiger partial charge in [0.05, 0.1) is 23.7 Å². The Hall–Kier alpha value is -3.27. The molecule has 1 saturated heterocycles. The quantitative estimate of drug-likeness (QED) is 0.264. The number of para-hydroxylation sites is 2. The lowest BCUT2D eigenvalue weighted by Crippen LogP contribution is -2.50. The zero-order chi connectivity index (χ0) is 29.5. The summed E-state index contributed by atoms with van der Waals surface area (Å²) in [5.41, 5.74) is 0.822. The number of hydrogen-bond donors (Lipinski definition) is 0. The molecule has 220 valence electrons. The fraction of sp³-hybridized carbons (Fsp3) is 0.387. The number of carbonyl (C=O) groups is 1. The molecule has 4 rings (SSSR count). The molecule has 0 bridgehead atoms. The zero-order valence-electron chi connectivity index (χ0n) is 23.8. The van der Waals surface area contributed by atoms with Crippen LogP contribution >= 0.6 is 11.6 Å². The van der Waals surface area contributed by atoms with Gasteiger partial charge in [0, 0.05) is 43.3 Å². The third kappa shape index (κ3) is 8.61. The number of hydrogen-bond acceptors (Lipinski definition) is 6. The van der Waals surface area contributed by atoms with Crippen LogP contribution in [-0.2, 0) is 21.3 Å². The highest BCUT2D eigenvalue weighted by atomic mass is 35.5. The van der Waals surface area contributed by atoms with Crippen LogP contribution in [0.1, 0.15) is 32.8 Å². The molecule has 1 amide bonds. The Balaban J connectivity index is 1.37. The van der Waals surface area contributed by atoms with Crippen molar-refractivity contribution in [1.82, 2.24) is 9.80 Å². The van der Waals surface area contributed by atoms with Crippen LogP contribution in [-0.4, -0.2) is 69.2 Å². The van der Waals surface area contributed by atoms with Crippen molar-refractivity contribution in [3.05, 3.63) is 89.4 Å². The number of rotatable bonds is 10. The summed E-state index contributed by atoms with van der Waals surface area (Å²) < 4.78 is 40.5. The Bertz CT molecular complexity index is 1390. The van der Waals surface area contributed by atoms with Crippen LogP contribution in [0, 0.1) is 0 Å². The van der Waals surface area contributed by atoms with Crippen molar-refractivity contribution in [2.45, 2.75) is 44.2 Å². The number of amides is 1. The van der Waals surface area contributed by atoms with Gasteiger partial charge in [0.2, 0.25) is 0 Å². The molecule has 0 saturated carbocycles. The van der Waals surface area contributed by atoms with Gasteiger partial charge in [-0.05, 0) is 69.7 Å². The van der Waals surface area contributed by atoms with E-state index >= 15 is 0 Å².